The number of pyridine rings is 1. The highest BCUT2D eigenvalue weighted by Crippen LogP contribution is 2.25. The smallest absolute Gasteiger partial charge is 0.261 e. The molecule has 9 heteroatoms. The Bertz CT molecular complexity index is 1060. The number of amides is 3. The maximum Gasteiger partial charge on any atom is 0.261 e. The third kappa shape index (κ3) is 6.11. The number of carbonyl (C=O) groups is 3. The molecule has 1 saturated carbocycles. The molecule has 3 amide bonds. The second-order valence-corrected chi connectivity index (χ2v) is 9.24. The number of nitrogens with zero attached hydrogens (tertiary/aromatic N) is 2. The molecule has 0 spiro atoms. The number of hydrogen-bond acceptors (Lipinski definition) is 6. The zero-order valence-corrected chi connectivity index (χ0v) is 19.6. The van der Waals surface area contributed by atoms with Crippen LogP contribution in [-0.4, -0.2) is 40.2 Å². The van der Waals surface area contributed by atoms with Crippen LogP contribution in [0, 0.1) is 0 Å². The molecule has 1 aliphatic carbocycles. The predicted molar refractivity (Wildman–Crippen MR) is 128 cm³/mol. The summed E-state index contributed by atoms with van der Waals surface area (Å²) >= 11 is 1.30. The van der Waals surface area contributed by atoms with Gasteiger partial charge in [-0.2, -0.15) is 0 Å². The Morgan fingerprint density at radius 3 is 2.56 bits per heavy atom. The molecule has 0 saturated heterocycles. The molecule has 0 aliphatic heterocycles. The van der Waals surface area contributed by atoms with Crippen molar-refractivity contribution in [3.63, 3.8) is 0 Å². The van der Waals surface area contributed by atoms with Gasteiger partial charge in [-0.25, -0.2) is 0 Å². The van der Waals surface area contributed by atoms with E-state index in [4.69, 9.17) is 4.42 Å². The highest BCUT2D eigenvalue weighted by Gasteiger charge is 2.33. The average Bonchev–Trinajstić information content (AvgIpc) is 3.58. The lowest BCUT2D eigenvalue weighted by atomic mass is 9.94. The van der Waals surface area contributed by atoms with E-state index in [0.717, 1.165) is 25.7 Å². The van der Waals surface area contributed by atoms with Gasteiger partial charge in [0.1, 0.15) is 11.8 Å². The second kappa shape index (κ2) is 11.6. The second-order valence-electron chi connectivity index (χ2n) is 8.29. The molecule has 178 valence electrons. The van der Waals surface area contributed by atoms with Crippen LogP contribution in [0.2, 0.25) is 0 Å². The fraction of sp³-hybridized carbons (Fsp3) is 0.360. The Hall–Kier alpha value is -3.46. The van der Waals surface area contributed by atoms with Gasteiger partial charge < -0.3 is 20.0 Å². The van der Waals surface area contributed by atoms with Crippen LogP contribution in [0.1, 0.15) is 59.1 Å². The van der Waals surface area contributed by atoms with E-state index in [1.54, 1.807) is 54.2 Å². The number of aromatic nitrogens is 1. The van der Waals surface area contributed by atoms with E-state index in [-0.39, 0.29) is 36.9 Å². The number of nitrogens with one attached hydrogen (secondary N) is 2. The summed E-state index contributed by atoms with van der Waals surface area (Å²) in [6, 6.07) is 9.64. The number of hydrogen-bond donors (Lipinski definition) is 2. The van der Waals surface area contributed by atoms with Gasteiger partial charge in [0, 0.05) is 18.4 Å². The third-order valence-corrected chi connectivity index (χ3v) is 6.77. The van der Waals surface area contributed by atoms with Crippen molar-refractivity contribution in [3.05, 3.63) is 76.6 Å². The summed E-state index contributed by atoms with van der Waals surface area (Å²) in [5.41, 5.74) is 0.646. The van der Waals surface area contributed by atoms with E-state index >= 15 is 0 Å². The van der Waals surface area contributed by atoms with Gasteiger partial charge >= 0.3 is 0 Å². The molecule has 3 aromatic heterocycles. The molecular formula is C25H28N4O4S. The maximum atomic E-state index is 13.6. The molecular weight excluding hydrogens is 452 g/mol. The van der Waals surface area contributed by atoms with Crippen LogP contribution in [0.5, 0.6) is 0 Å². The predicted octanol–water partition coefficient (Wildman–Crippen LogP) is 3.68. The van der Waals surface area contributed by atoms with E-state index < -0.39 is 6.04 Å². The van der Waals surface area contributed by atoms with Crippen LogP contribution < -0.4 is 10.6 Å². The van der Waals surface area contributed by atoms with Gasteiger partial charge in [0.2, 0.25) is 11.8 Å². The van der Waals surface area contributed by atoms with E-state index in [9.17, 15) is 14.4 Å². The molecule has 1 atom stereocenters. The molecule has 1 aliphatic rings. The fourth-order valence-corrected chi connectivity index (χ4v) is 4.83. The van der Waals surface area contributed by atoms with Crippen LogP contribution >= 0.6 is 11.3 Å². The average molecular weight is 481 g/mol. The number of thiophene rings is 1. The van der Waals surface area contributed by atoms with Gasteiger partial charge in [-0.3, -0.25) is 19.4 Å². The van der Waals surface area contributed by atoms with Crippen LogP contribution in [-0.2, 0) is 16.1 Å². The largest absolute Gasteiger partial charge is 0.467 e. The first-order valence-electron chi connectivity index (χ1n) is 11.5. The van der Waals surface area contributed by atoms with E-state index in [1.807, 2.05) is 0 Å². The van der Waals surface area contributed by atoms with Crippen molar-refractivity contribution < 1.29 is 18.8 Å². The summed E-state index contributed by atoms with van der Waals surface area (Å²) in [4.78, 5) is 45.5. The van der Waals surface area contributed by atoms with Crippen molar-refractivity contribution in [3.8, 4) is 0 Å². The lowest BCUT2D eigenvalue weighted by Crippen LogP contribution is -2.49. The quantitative estimate of drug-likeness (QED) is 0.486. The fourth-order valence-electron chi connectivity index (χ4n) is 4.19. The van der Waals surface area contributed by atoms with Gasteiger partial charge in [0.15, 0.2) is 0 Å². The van der Waals surface area contributed by atoms with Crippen molar-refractivity contribution in [1.29, 1.82) is 0 Å². The van der Waals surface area contributed by atoms with Crippen LogP contribution in [0.25, 0.3) is 0 Å². The standard InChI is InChI=1S/C25H28N4O4S/c30-22(16-27-24(31)21-9-5-15-34-21)29(17-20-8-4-14-33-20)23(18-10-12-26-13-11-18)25(32)28-19-6-2-1-3-7-19/h4-5,8-15,19,23H,1-3,6-7,16-17H2,(H,27,31)(H,28,32)/t23-/m1/s1. The Morgan fingerprint density at radius 1 is 1.09 bits per heavy atom. The molecule has 3 aromatic rings. The first-order valence-corrected chi connectivity index (χ1v) is 12.3. The third-order valence-electron chi connectivity index (χ3n) is 5.91. The summed E-state index contributed by atoms with van der Waals surface area (Å²) in [5.74, 6) is -0.416. The van der Waals surface area contributed by atoms with Crippen LogP contribution in [0.3, 0.4) is 0 Å². The van der Waals surface area contributed by atoms with Crippen LogP contribution in [0.15, 0.2) is 64.9 Å². The van der Waals surface area contributed by atoms with E-state index in [2.05, 4.69) is 15.6 Å². The summed E-state index contributed by atoms with van der Waals surface area (Å²) < 4.78 is 5.49. The maximum absolute atomic E-state index is 13.6. The minimum absolute atomic E-state index is 0.0877. The van der Waals surface area contributed by atoms with E-state index in [0.29, 0.717) is 16.2 Å². The molecule has 4 rings (SSSR count). The van der Waals surface area contributed by atoms with Gasteiger partial charge in [0.25, 0.3) is 5.91 Å². The Balaban J connectivity index is 1.58. The zero-order valence-electron chi connectivity index (χ0n) is 18.8. The van der Waals surface area contributed by atoms with E-state index in [1.165, 1.54) is 28.9 Å². The topological polar surface area (TPSA) is 105 Å². The summed E-state index contributed by atoms with van der Waals surface area (Å²) in [5, 5.41) is 7.63. The van der Waals surface area contributed by atoms with Crippen LogP contribution in [0.4, 0.5) is 0 Å². The normalized spacial score (nSPS) is 14.8. The lowest BCUT2D eigenvalue weighted by Gasteiger charge is -2.33. The minimum atomic E-state index is -0.888. The molecule has 3 heterocycles. The molecule has 34 heavy (non-hydrogen) atoms. The van der Waals surface area contributed by atoms with Crippen molar-refractivity contribution >= 4 is 29.1 Å². The number of rotatable bonds is 9. The summed E-state index contributed by atoms with van der Waals surface area (Å²) in [6.07, 6.45) is 9.92. The molecule has 0 bridgehead atoms. The Labute approximate surface area is 202 Å². The monoisotopic (exact) mass is 480 g/mol. The van der Waals surface area contributed by atoms with Gasteiger partial charge in [-0.15, -0.1) is 11.3 Å². The molecule has 8 nitrogen and oxygen atoms in total. The minimum Gasteiger partial charge on any atom is -0.467 e. The zero-order chi connectivity index (χ0) is 23.8. The Kier molecular flexibility index (Phi) is 8.08. The number of carbonyl (C=O) groups excluding carboxylic acids is 3. The van der Waals surface area contributed by atoms with Gasteiger partial charge in [-0.1, -0.05) is 25.3 Å². The van der Waals surface area contributed by atoms with Gasteiger partial charge in [0.05, 0.1) is 24.2 Å². The SMILES string of the molecule is O=C(NCC(=O)N(Cc1ccco1)[C@@H](C(=O)NC1CCCCC1)c1ccncc1)c1cccs1. The van der Waals surface area contributed by atoms with Crippen molar-refractivity contribution in [1.82, 2.24) is 20.5 Å². The highest BCUT2D eigenvalue weighted by molar-refractivity contribution is 7.12. The van der Waals surface area contributed by atoms with Gasteiger partial charge in [-0.05, 0) is 54.1 Å². The van der Waals surface area contributed by atoms with Crippen molar-refractivity contribution in [2.75, 3.05) is 6.54 Å². The first kappa shape index (κ1) is 23.7. The van der Waals surface area contributed by atoms with Crippen molar-refractivity contribution in [2.45, 2.75) is 50.7 Å². The summed E-state index contributed by atoms with van der Waals surface area (Å²) in [7, 11) is 0. The number of furan rings is 1. The Morgan fingerprint density at radius 2 is 1.88 bits per heavy atom. The molecule has 2 N–H and O–H groups in total. The summed E-state index contributed by atoms with van der Waals surface area (Å²) in [6.45, 7) is -0.151. The molecule has 0 aromatic carbocycles. The lowest BCUT2D eigenvalue weighted by molar-refractivity contribution is -0.141. The highest BCUT2D eigenvalue weighted by atomic mass is 32.1. The molecule has 0 unspecified atom stereocenters. The molecule has 0 radical (unpaired) electrons. The first-order chi connectivity index (χ1) is 16.6. The van der Waals surface area contributed by atoms with Crippen molar-refractivity contribution in [2.24, 2.45) is 0 Å². The molecule has 1 fully saturated rings.